The van der Waals surface area contributed by atoms with Gasteiger partial charge in [-0.25, -0.2) is 4.98 Å². The molecule has 0 aromatic carbocycles. The lowest BCUT2D eigenvalue weighted by atomic mass is 9.78. The molecule has 1 aliphatic heterocycles. The molecule has 1 fully saturated rings. The maximum Gasteiger partial charge on any atom is 0.185 e. The van der Waals surface area contributed by atoms with Crippen molar-refractivity contribution in [3.8, 4) is 0 Å². The van der Waals surface area contributed by atoms with Crippen LogP contribution in [0.2, 0.25) is 0 Å². The van der Waals surface area contributed by atoms with Crippen molar-refractivity contribution in [2.24, 2.45) is 5.41 Å². The molecule has 0 radical (unpaired) electrons. The Morgan fingerprint density at radius 1 is 1.35 bits per heavy atom. The second-order valence-corrected chi connectivity index (χ2v) is 8.21. The maximum atomic E-state index is 4.79. The highest BCUT2D eigenvalue weighted by Crippen LogP contribution is 2.36. The molecule has 2 heterocycles. The maximum absolute atomic E-state index is 4.79. The summed E-state index contributed by atoms with van der Waals surface area (Å²) in [6, 6.07) is 0. The monoisotopic (exact) mass is 295 g/mol. The molecule has 3 nitrogen and oxygen atoms in total. The number of nitrogens with one attached hydrogen (secondary N) is 1. The van der Waals surface area contributed by atoms with E-state index < -0.39 is 0 Å². The smallest absolute Gasteiger partial charge is 0.185 e. The van der Waals surface area contributed by atoms with E-state index in [1.54, 1.807) is 11.3 Å². The van der Waals surface area contributed by atoms with Gasteiger partial charge in [-0.05, 0) is 39.0 Å². The number of anilines is 1. The Labute approximate surface area is 127 Å². The molecular weight excluding hydrogens is 266 g/mol. The molecule has 0 bridgehead atoms. The fourth-order valence-electron chi connectivity index (χ4n) is 2.47. The largest absolute Gasteiger partial charge is 0.348 e. The van der Waals surface area contributed by atoms with Crippen molar-refractivity contribution in [3.05, 3.63) is 11.1 Å². The van der Waals surface area contributed by atoms with Crippen molar-refractivity contribution < 1.29 is 0 Å². The Hall–Kier alpha value is -0.610. The van der Waals surface area contributed by atoms with Gasteiger partial charge in [-0.15, -0.1) is 11.3 Å². The highest BCUT2D eigenvalue weighted by Gasteiger charge is 2.29. The van der Waals surface area contributed by atoms with Gasteiger partial charge in [0.15, 0.2) is 5.13 Å². The van der Waals surface area contributed by atoms with Crippen molar-refractivity contribution in [2.45, 2.75) is 66.0 Å². The van der Waals surface area contributed by atoms with Gasteiger partial charge >= 0.3 is 0 Å². The van der Waals surface area contributed by atoms with E-state index >= 15 is 0 Å². The molecule has 1 saturated heterocycles. The first-order valence-corrected chi connectivity index (χ1v) is 8.64. The summed E-state index contributed by atoms with van der Waals surface area (Å²) >= 11 is 1.79. The van der Waals surface area contributed by atoms with Crippen molar-refractivity contribution >= 4 is 16.5 Å². The molecule has 0 unspecified atom stereocenters. The molecular formula is C16H29N3S. The van der Waals surface area contributed by atoms with Crippen LogP contribution in [0.25, 0.3) is 0 Å². The average Bonchev–Trinajstić information content (AvgIpc) is 2.85. The van der Waals surface area contributed by atoms with Crippen LogP contribution in [0.1, 0.15) is 59.6 Å². The van der Waals surface area contributed by atoms with Gasteiger partial charge in [0.1, 0.15) is 0 Å². The number of thiazole rings is 1. The molecule has 114 valence electrons. The number of aromatic nitrogens is 1. The summed E-state index contributed by atoms with van der Waals surface area (Å²) in [5.74, 6) is 0. The molecule has 0 saturated carbocycles. The summed E-state index contributed by atoms with van der Waals surface area (Å²) in [5.41, 5.74) is 1.87. The van der Waals surface area contributed by atoms with Gasteiger partial charge in [-0.2, -0.15) is 0 Å². The molecule has 2 rings (SSSR count). The third kappa shape index (κ3) is 4.19. The fourth-order valence-corrected chi connectivity index (χ4v) is 3.35. The first-order valence-electron chi connectivity index (χ1n) is 7.76. The summed E-state index contributed by atoms with van der Waals surface area (Å²) in [4.78, 5) is 7.25. The quantitative estimate of drug-likeness (QED) is 0.908. The highest BCUT2D eigenvalue weighted by atomic mass is 32.1. The van der Waals surface area contributed by atoms with Gasteiger partial charge in [-0.1, -0.05) is 20.3 Å². The Bertz CT molecular complexity index is 425. The molecule has 4 heteroatoms. The second kappa shape index (κ2) is 6.02. The minimum absolute atomic E-state index is 0.151. The summed E-state index contributed by atoms with van der Waals surface area (Å²) < 4.78 is 0. The van der Waals surface area contributed by atoms with Gasteiger partial charge in [0.2, 0.25) is 0 Å². The Balaban J connectivity index is 1.90. The normalized spacial score (nSPS) is 19.4. The molecule has 20 heavy (non-hydrogen) atoms. The predicted octanol–water partition coefficient (Wildman–Crippen LogP) is 4.05. The van der Waals surface area contributed by atoms with E-state index in [1.807, 2.05) is 0 Å². The average molecular weight is 295 g/mol. The van der Waals surface area contributed by atoms with Crippen molar-refractivity contribution in [2.75, 3.05) is 18.0 Å². The van der Waals surface area contributed by atoms with Crippen LogP contribution in [0.15, 0.2) is 5.38 Å². The van der Waals surface area contributed by atoms with Gasteiger partial charge in [0, 0.05) is 30.6 Å². The van der Waals surface area contributed by atoms with Crippen LogP contribution in [0.3, 0.4) is 0 Å². The first-order chi connectivity index (χ1) is 9.31. The number of rotatable bonds is 4. The predicted molar refractivity (Wildman–Crippen MR) is 88.6 cm³/mol. The minimum Gasteiger partial charge on any atom is -0.348 e. The van der Waals surface area contributed by atoms with Crippen LogP contribution in [-0.4, -0.2) is 23.6 Å². The Morgan fingerprint density at radius 2 is 2.00 bits per heavy atom. The number of hydrogen-bond acceptors (Lipinski definition) is 4. The van der Waals surface area contributed by atoms with E-state index in [-0.39, 0.29) is 5.54 Å². The van der Waals surface area contributed by atoms with E-state index in [9.17, 15) is 0 Å². The Morgan fingerprint density at radius 3 is 2.55 bits per heavy atom. The van der Waals surface area contributed by atoms with E-state index in [4.69, 9.17) is 4.98 Å². The van der Waals surface area contributed by atoms with Crippen molar-refractivity contribution in [1.82, 2.24) is 10.3 Å². The van der Waals surface area contributed by atoms with Gasteiger partial charge in [0.25, 0.3) is 0 Å². The molecule has 0 aliphatic carbocycles. The molecule has 1 aromatic rings. The highest BCUT2D eigenvalue weighted by molar-refractivity contribution is 7.13. The van der Waals surface area contributed by atoms with Crippen LogP contribution in [0.5, 0.6) is 0 Å². The fraction of sp³-hybridized carbons (Fsp3) is 0.812. The lowest BCUT2D eigenvalue weighted by molar-refractivity contribution is 0.238. The van der Waals surface area contributed by atoms with E-state index in [0.717, 1.165) is 19.6 Å². The van der Waals surface area contributed by atoms with E-state index in [0.29, 0.717) is 5.41 Å². The van der Waals surface area contributed by atoms with Crippen LogP contribution < -0.4 is 10.2 Å². The zero-order valence-corrected chi connectivity index (χ0v) is 14.4. The van der Waals surface area contributed by atoms with Crippen LogP contribution >= 0.6 is 11.3 Å². The summed E-state index contributed by atoms with van der Waals surface area (Å²) in [6.45, 7) is 14.5. The van der Waals surface area contributed by atoms with Crippen molar-refractivity contribution in [1.29, 1.82) is 0 Å². The molecule has 0 spiro atoms. The lowest BCUT2D eigenvalue weighted by Crippen LogP contribution is -2.38. The molecule has 1 aliphatic rings. The third-order valence-corrected chi connectivity index (χ3v) is 5.38. The Kier molecular flexibility index (Phi) is 4.75. The zero-order chi connectivity index (χ0) is 14.8. The summed E-state index contributed by atoms with van der Waals surface area (Å²) in [7, 11) is 0. The molecule has 0 atom stereocenters. The number of hydrogen-bond donors (Lipinski definition) is 1. The van der Waals surface area contributed by atoms with Gasteiger partial charge in [0.05, 0.1) is 5.69 Å². The SMILES string of the molecule is CCC1(C)CCN(c2nc(CNC(C)(C)C)cs2)CC1. The lowest BCUT2D eigenvalue weighted by Gasteiger charge is -2.38. The minimum atomic E-state index is 0.151. The summed E-state index contributed by atoms with van der Waals surface area (Å²) in [5, 5.41) is 6.90. The van der Waals surface area contributed by atoms with Crippen molar-refractivity contribution in [3.63, 3.8) is 0 Å². The van der Waals surface area contributed by atoms with Crippen LogP contribution in [-0.2, 0) is 6.54 Å². The van der Waals surface area contributed by atoms with Crippen LogP contribution in [0, 0.1) is 5.41 Å². The second-order valence-electron chi connectivity index (χ2n) is 7.38. The molecule has 1 aromatic heterocycles. The van der Waals surface area contributed by atoms with Gasteiger partial charge < -0.3 is 10.2 Å². The topological polar surface area (TPSA) is 28.2 Å². The summed E-state index contributed by atoms with van der Waals surface area (Å²) in [6.07, 6.45) is 3.87. The van der Waals surface area contributed by atoms with Gasteiger partial charge in [-0.3, -0.25) is 0 Å². The van der Waals surface area contributed by atoms with Crippen LogP contribution in [0.4, 0.5) is 5.13 Å². The first kappa shape index (κ1) is 15.8. The third-order valence-electron chi connectivity index (χ3n) is 4.43. The zero-order valence-electron chi connectivity index (χ0n) is 13.6. The molecule has 0 amide bonds. The standard InChI is InChI=1S/C16H29N3S/c1-6-16(5)7-9-19(10-8-16)14-18-13(12-20-14)11-17-15(2,3)4/h12,17H,6-11H2,1-5H3. The number of piperidine rings is 1. The molecule has 1 N–H and O–H groups in total. The number of nitrogens with zero attached hydrogens (tertiary/aromatic N) is 2. The van der Waals surface area contributed by atoms with E-state index in [1.165, 1.54) is 30.1 Å². The van der Waals surface area contributed by atoms with E-state index in [2.05, 4.69) is 50.2 Å².